The van der Waals surface area contributed by atoms with E-state index >= 15 is 0 Å². The van der Waals surface area contributed by atoms with E-state index in [1.807, 2.05) is 39.8 Å². The zero-order chi connectivity index (χ0) is 32.3. The first-order valence-corrected chi connectivity index (χ1v) is 15.5. The Balaban J connectivity index is 1.73. The Morgan fingerprint density at radius 3 is 2.34 bits per heavy atom. The van der Waals surface area contributed by atoms with E-state index < -0.39 is 12.3 Å². The Kier molecular flexibility index (Phi) is 10.5. The fourth-order valence-corrected chi connectivity index (χ4v) is 6.64. The van der Waals surface area contributed by atoms with Gasteiger partial charge in [0, 0.05) is 83.5 Å². The largest absolute Gasteiger partial charge is 0.495 e. The van der Waals surface area contributed by atoms with E-state index in [1.165, 1.54) is 0 Å². The molecule has 1 amide bonds. The standard InChI is InChI=1S/C33H44N4O6S/c1-6-20-16(2)26(36-33(20)43)13-24-17(3)21(7-9-30(38)39)27(34-24)15-28-22(8-10-31(40)41)18(4)25(35-28)14-29-23(11-12-44)19(5)32(42)37-29/h6,11-12,14,16,19,23,26,31,34-36,40-41,43-44H,1,7-10,13,15H2,2-5H3,(H,37,42)(H,38,39)/b12-11+,29-14-/t16?,19-,23-,26-/m1/s1. The second-order valence-corrected chi connectivity index (χ2v) is 12.2. The van der Waals surface area contributed by atoms with Crippen molar-refractivity contribution in [1.82, 2.24) is 20.6 Å². The Bertz CT molecular complexity index is 1510. The van der Waals surface area contributed by atoms with Gasteiger partial charge in [0.05, 0.1) is 0 Å². The van der Waals surface area contributed by atoms with E-state index in [4.69, 9.17) is 0 Å². The molecule has 0 aliphatic carbocycles. The van der Waals surface area contributed by atoms with Crippen molar-refractivity contribution in [1.29, 1.82) is 0 Å². The quantitative estimate of drug-likeness (QED) is 0.119. The van der Waals surface area contributed by atoms with Gasteiger partial charge in [0.25, 0.3) is 0 Å². The van der Waals surface area contributed by atoms with Crippen molar-refractivity contribution in [3.63, 3.8) is 0 Å². The lowest BCUT2D eigenvalue weighted by molar-refractivity contribution is -0.137. The number of aromatic amines is 2. The highest BCUT2D eigenvalue weighted by molar-refractivity contribution is 7.83. The SMILES string of the molecule is C=CC1=C(O)N[C@H](Cc2[nH]c(Cc3[nH]c(/C=C4\NC(=O)[C@H](C)[C@H]4/C=C/S)c(C)c3CCC(O)O)c(CCC(=O)O)c2C)C1C. The predicted octanol–water partition coefficient (Wildman–Crippen LogP) is 4.08. The molecule has 238 valence electrons. The zero-order valence-corrected chi connectivity index (χ0v) is 26.6. The number of allylic oxidation sites excluding steroid dienone is 2. The molecule has 2 aliphatic rings. The molecule has 1 saturated heterocycles. The number of rotatable bonds is 13. The molecule has 2 aliphatic heterocycles. The molecule has 4 heterocycles. The van der Waals surface area contributed by atoms with Gasteiger partial charge in [0.2, 0.25) is 5.91 Å². The molecule has 0 spiro atoms. The molecule has 44 heavy (non-hydrogen) atoms. The molecule has 0 bridgehead atoms. The number of aromatic nitrogens is 2. The molecule has 4 atom stereocenters. The van der Waals surface area contributed by atoms with Gasteiger partial charge in [-0.2, -0.15) is 12.6 Å². The minimum Gasteiger partial charge on any atom is -0.495 e. The summed E-state index contributed by atoms with van der Waals surface area (Å²) in [5.74, 6) is -1.15. The number of carbonyl (C=O) groups is 2. The Morgan fingerprint density at radius 2 is 1.73 bits per heavy atom. The average molecular weight is 625 g/mol. The number of H-pyrrole nitrogens is 2. The van der Waals surface area contributed by atoms with Gasteiger partial charge in [-0.3, -0.25) is 9.59 Å². The van der Waals surface area contributed by atoms with Crippen LogP contribution in [0.2, 0.25) is 0 Å². The van der Waals surface area contributed by atoms with Crippen molar-refractivity contribution in [2.75, 3.05) is 0 Å². The minimum absolute atomic E-state index is 0.0191. The van der Waals surface area contributed by atoms with Crippen LogP contribution in [0.15, 0.2) is 41.3 Å². The van der Waals surface area contributed by atoms with Crippen molar-refractivity contribution in [3.8, 4) is 0 Å². The van der Waals surface area contributed by atoms with E-state index in [9.17, 15) is 30.0 Å². The predicted molar refractivity (Wildman–Crippen MR) is 173 cm³/mol. The molecule has 11 heteroatoms. The number of hydrogen-bond acceptors (Lipinski definition) is 7. The number of aliphatic hydroxyl groups excluding tert-OH is 2. The van der Waals surface area contributed by atoms with E-state index in [-0.39, 0.29) is 48.4 Å². The first kappa shape index (κ1) is 33.2. The summed E-state index contributed by atoms with van der Waals surface area (Å²) in [6, 6.07) is -0.0589. The van der Waals surface area contributed by atoms with Gasteiger partial charge >= 0.3 is 5.97 Å². The Morgan fingerprint density at radius 1 is 1.05 bits per heavy atom. The number of carboxylic acid groups (broad SMARTS) is 1. The summed E-state index contributed by atoms with van der Waals surface area (Å²) in [4.78, 5) is 31.1. The third-order valence-corrected chi connectivity index (χ3v) is 9.35. The van der Waals surface area contributed by atoms with Crippen LogP contribution in [0.4, 0.5) is 0 Å². The van der Waals surface area contributed by atoms with E-state index in [0.717, 1.165) is 56.3 Å². The van der Waals surface area contributed by atoms with Crippen LogP contribution < -0.4 is 10.6 Å². The van der Waals surface area contributed by atoms with Gasteiger partial charge in [0.15, 0.2) is 12.2 Å². The van der Waals surface area contributed by atoms with Crippen LogP contribution in [-0.4, -0.2) is 54.6 Å². The van der Waals surface area contributed by atoms with Crippen LogP contribution in [-0.2, 0) is 35.3 Å². The fourth-order valence-electron chi connectivity index (χ4n) is 6.46. The normalized spacial score (nSPS) is 22.9. The van der Waals surface area contributed by atoms with E-state index in [1.54, 1.807) is 11.5 Å². The van der Waals surface area contributed by atoms with Crippen molar-refractivity contribution in [3.05, 3.63) is 86.3 Å². The van der Waals surface area contributed by atoms with Crippen LogP contribution in [0.1, 0.15) is 71.7 Å². The second-order valence-electron chi connectivity index (χ2n) is 11.9. The average Bonchev–Trinajstić information content (AvgIpc) is 3.60. The molecule has 4 rings (SSSR count). The maximum absolute atomic E-state index is 12.5. The number of aliphatic hydroxyl groups is 3. The maximum atomic E-state index is 12.5. The van der Waals surface area contributed by atoms with Gasteiger partial charge in [0.1, 0.15) is 0 Å². The third-order valence-electron chi connectivity index (χ3n) is 9.18. The Labute approximate surface area is 263 Å². The van der Waals surface area contributed by atoms with Gasteiger partial charge in [-0.15, -0.1) is 0 Å². The molecule has 2 aromatic heterocycles. The Hall–Kier alpha value is -3.67. The van der Waals surface area contributed by atoms with Crippen molar-refractivity contribution in [2.45, 2.75) is 78.6 Å². The molecule has 2 aromatic rings. The molecular formula is C33H44N4O6S. The topological polar surface area (TPSA) is 171 Å². The summed E-state index contributed by atoms with van der Waals surface area (Å²) in [7, 11) is 0. The number of amides is 1. The molecular weight excluding hydrogens is 580 g/mol. The van der Waals surface area contributed by atoms with E-state index in [2.05, 4.69) is 39.8 Å². The number of carbonyl (C=O) groups excluding carboxylic acids is 1. The summed E-state index contributed by atoms with van der Waals surface area (Å²) in [6.45, 7) is 11.7. The maximum Gasteiger partial charge on any atom is 0.303 e. The van der Waals surface area contributed by atoms with Crippen LogP contribution >= 0.6 is 12.6 Å². The lowest BCUT2D eigenvalue weighted by Crippen LogP contribution is -2.30. The molecule has 8 N–H and O–H groups in total. The van der Waals surface area contributed by atoms with Gasteiger partial charge in [-0.25, -0.2) is 0 Å². The highest BCUT2D eigenvalue weighted by atomic mass is 32.1. The fraction of sp³-hybridized carbons (Fsp3) is 0.455. The molecule has 1 unspecified atom stereocenters. The first-order valence-electron chi connectivity index (χ1n) is 15.0. The van der Waals surface area contributed by atoms with Crippen molar-refractivity contribution in [2.24, 2.45) is 17.8 Å². The molecule has 10 nitrogen and oxygen atoms in total. The van der Waals surface area contributed by atoms with E-state index in [0.29, 0.717) is 25.7 Å². The molecule has 0 radical (unpaired) electrons. The number of nitrogens with one attached hydrogen (secondary N) is 4. The van der Waals surface area contributed by atoms with Gasteiger partial charge in [-0.1, -0.05) is 32.6 Å². The van der Waals surface area contributed by atoms with Gasteiger partial charge < -0.3 is 41.0 Å². The first-order chi connectivity index (χ1) is 20.9. The lowest BCUT2D eigenvalue weighted by Gasteiger charge is -2.17. The summed E-state index contributed by atoms with van der Waals surface area (Å²) < 4.78 is 0. The lowest BCUT2D eigenvalue weighted by atomic mass is 9.92. The molecule has 0 saturated carbocycles. The smallest absolute Gasteiger partial charge is 0.303 e. The number of thiol groups is 1. The molecule has 1 fully saturated rings. The summed E-state index contributed by atoms with van der Waals surface area (Å²) >= 11 is 4.22. The van der Waals surface area contributed by atoms with Crippen LogP contribution in [0.25, 0.3) is 6.08 Å². The van der Waals surface area contributed by atoms with Gasteiger partial charge in [-0.05, 0) is 60.4 Å². The number of aliphatic carboxylic acids is 1. The summed E-state index contributed by atoms with van der Waals surface area (Å²) in [5, 5.41) is 46.9. The highest BCUT2D eigenvalue weighted by Gasteiger charge is 2.34. The third kappa shape index (κ3) is 7.00. The second kappa shape index (κ2) is 14.0. The van der Waals surface area contributed by atoms with Crippen LogP contribution in [0, 0.1) is 31.6 Å². The zero-order valence-electron chi connectivity index (χ0n) is 25.7. The van der Waals surface area contributed by atoms with Crippen molar-refractivity contribution < 1.29 is 30.0 Å². The van der Waals surface area contributed by atoms with Crippen molar-refractivity contribution >= 4 is 30.6 Å². The van der Waals surface area contributed by atoms with Crippen LogP contribution in [0.5, 0.6) is 0 Å². The minimum atomic E-state index is -1.46. The number of hydrogen-bond donors (Lipinski definition) is 9. The molecule has 0 aromatic carbocycles. The van der Waals surface area contributed by atoms with Crippen LogP contribution in [0.3, 0.4) is 0 Å². The monoisotopic (exact) mass is 624 g/mol. The number of carboxylic acids is 1. The highest BCUT2D eigenvalue weighted by Crippen LogP contribution is 2.34. The summed E-state index contributed by atoms with van der Waals surface area (Å²) in [6.07, 6.45) is 5.94. The summed E-state index contributed by atoms with van der Waals surface area (Å²) in [5.41, 5.74) is 8.86.